The lowest BCUT2D eigenvalue weighted by Gasteiger charge is -2.04. The maximum atomic E-state index is 6.01. The Balaban J connectivity index is 2.00. The second kappa shape index (κ2) is 7.82. The van der Waals surface area contributed by atoms with Crippen LogP contribution < -0.4 is 11.1 Å². The predicted molar refractivity (Wildman–Crippen MR) is 88.0 cm³/mol. The van der Waals surface area contributed by atoms with Crippen LogP contribution in [0.25, 0.3) is 0 Å². The van der Waals surface area contributed by atoms with Crippen molar-refractivity contribution in [2.45, 2.75) is 19.8 Å². The third-order valence-corrected chi connectivity index (χ3v) is 3.84. The highest BCUT2D eigenvalue weighted by Crippen LogP contribution is 2.17. The van der Waals surface area contributed by atoms with E-state index in [4.69, 9.17) is 5.73 Å². The van der Waals surface area contributed by atoms with Gasteiger partial charge in [0.05, 0.1) is 10.6 Å². The Hall–Kier alpha value is -1.65. The molecule has 0 unspecified atom stereocenters. The summed E-state index contributed by atoms with van der Waals surface area (Å²) in [6.07, 6.45) is 2.18. The molecule has 0 radical (unpaired) electrons. The van der Waals surface area contributed by atoms with E-state index >= 15 is 0 Å². The van der Waals surface area contributed by atoms with E-state index in [9.17, 15) is 0 Å². The van der Waals surface area contributed by atoms with E-state index in [0.717, 1.165) is 30.1 Å². The van der Waals surface area contributed by atoms with Crippen LogP contribution in [0.5, 0.6) is 0 Å². The van der Waals surface area contributed by atoms with Crippen LogP contribution in [-0.4, -0.2) is 18.9 Å². The van der Waals surface area contributed by atoms with Crippen molar-refractivity contribution in [3.05, 3.63) is 52.2 Å². The quantitative estimate of drug-likeness (QED) is 0.466. The van der Waals surface area contributed by atoms with Gasteiger partial charge in [0.1, 0.15) is 5.84 Å². The Morgan fingerprint density at radius 1 is 1.25 bits per heavy atom. The zero-order valence-corrected chi connectivity index (χ0v) is 12.6. The normalized spacial score (nSPS) is 11.8. The van der Waals surface area contributed by atoms with E-state index in [1.165, 1.54) is 12.0 Å². The van der Waals surface area contributed by atoms with E-state index < -0.39 is 0 Å². The molecule has 0 atom stereocenters. The van der Waals surface area contributed by atoms with Gasteiger partial charge < -0.3 is 11.1 Å². The molecule has 3 N–H and O–H groups in total. The fourth-order valence-electron chi connectivity index (χ4n) is 1.93. The van der Waals surface area contributed by atoms with Crippen LogP contribution in [0.2, 0.25) is 0 Å². The van der Waals surface area contributed by atoms with Crippen molar-refractivity contribution < 1.29 is 0 Å². The molecule has 106 valence electrons. The summed E-state index contributed by atoms with van der Waals surface area (Å²) in [5, 5.41) is 5.41. The Morgan fingerprint density at radius 3 is 2.90 bits per heavy atom. The van der Waals surface area contributed by atoms with E-state index in [1.807, 2.05) is 29.6 Å². The Bertz CT molecular complexity index is 547. The van der Waals surface area contributed by atoms with Crippen molar-refractivity contribution in [2.24, 2.45) is 10.7 Å². The summed E-state index contributed by atoms with van der Waals surface area (Å²) in [5.41, 5.74) is 8.22. The number of benzene rings is 1. The number of thiophene rings is 1. The first-order valence-electron chi connectivity index (χ1n) is 6.97. The van der Waals surface area contributed by atoms with Crippen molar-refractivity contribution in [3.8, 4) is 0 Å². The molecular weight excluding hydrogens is 266 g/mol. The molecule has 0 saturated heterocycles. The zero-order chi connectivity index (χ0) is 14.2. The van der Waals surface area contributed by atoms with Crippen LogP contribution in [0.15, 0.2) is 46.8 Å². The van der Waals surface area contributed by atoms with Crippen molar-refractivity contribution in [2.75, 3.05) is 13.1 Å². The lowest BCUT2D eigenvalue weighted by molar-refractivity contribution is 0.671. The van der Waals surface area contributed by atoms with Gasteiger partial charge in [0.15, 0.2) is 0 Å². The standard InChI is InChI=1S/C16H21N3S/c1-2-9-18-10-8-13-5-3-6-14(12-13)19-16(17)15-7-4-11-20-15/h3-7,11-12,18H,2,8-10H2,1H3,(H2,17,19). The van der Waals surface area contributed by atoms with Crippen LogP contribution in [0.1, 0.15) is 23.8 Å². The van der Waals surface area contributed by atoms with Gasteiger partial charge >= 0.3 is 0 Å². The van der Waals surface area contributed by atoms with Gasteiger partial charge in [-0.3, -0.25) is 0 Å². The summed E-state index contributed by atoms with van der Waals surface area (Å²) in [7, 11) is 0. The fraction of sp³-hybridized carbons (Fsp3) is 0.312. The highest BCUT2D eigenvalue weighted by Gasteiger charge is 2.00. The van der Waals surface area contributed by atoms with Gasteiger partial charge in [-0.2, -0.15) is 0 Å². The van der Waals surface area contributed by atoms with Crippen LogP contribution in [-0.2, 0) is 6.42 Å². The third-order valence-electron chi connectivity index (χ3n) is 2.95. The van der Waals surface area contributed by atoms with Crippen molar-refractivity contribution in [1.82, 2.24) is 5.32 Å². The van der Waals surface area contributed by atoms with Gasteiger partial charge in [-0.15, -0.1) is 11.3 Å². The SMILES string of the molecule is CCCNCCc1cccc(N=C(N)c2cccs2)c1. The Labute approximate surface area is 124 Å². The molecule has 0 aliphatic rings. The van der Waals surface area contributed by atoms with Gasteiger partial charge in [0.2, 0.25) is 0 Å². The van der Waals surface area contributed by atoms with Gasteiger partial charge in [-0.25, -0.2) is 4.99 Å². The van der Waals surface area contributed by atoms with Crippen LogP contribution in [0.3, 0.4) is 0 Å². The van der Waals surface area contributed by atoms with Gasteiger partial charge in [0, 0.05) is 0 Å². The van der Waals surface area contributed by atoms with E-state index in [1.54, 1.807) is 11.3 Å². The molecule has 0 saturated carbocycles. The molecule has 0 aliphatic carbocycles. The Kier molecular flexibility index (Phi) is 5.77. The largest absolute Gasteiger partial charge is 0.383 e. The molecule has 4 heteroatoms. The number of aliphatic imine (C=N–C) groups is 1. The topological polar surface area (TPSA) is 50.4 Å². The smallest absolute Gasteiger partial charge is 0.141 e. The summed E-state index contributed by atoms with van der Waals surface area (Å²) >= 11 is 1.61. The molecule has 1 heterocycles. The lowest BCUT2D eigenvalue weighted by Crippen LogP contribution is -2.17. The van der Waals surface area contributed by atoms with Crippen LogP contribution >= 0.6 is 11.3 Å². The minimum absolute atomic E-state index is 0.584. The van der Waals surface area contributed by atoms with Crippen molar-refractivity contribution in [3.63, 3.8) is 0 Å². The first kappa shape index (κ1) is 14.8. The number of nitrogens with one attached hydrogen (secondary N) is 1. The molecular formula is C16H21N3S. The maximum absolute atomic E-state index is 6.01. The van der Waals surface area contributed by atoms with Crippen LogP contribution in [0.4, 0.5) is 5.69 Å². The first-order chi connectivity index (χ1) is 9.79. The number of hydrogen-bond acceptors (Lipinski definition) is 3. The Morgan fingerprint density at radius 2 is 2.15 bits per heavy atom. The molecule has 0 amide bonds. The average Bonchev–Trinajstić information content (AvgIpc) is 2.98. The number of nitrogens with two attached hydrogens (primary N) is 1. The number of nitrogens with zero attached hydrogens (tertiary/aromatic N) is 1. The molecule has 0 spiro atoms. The average molecular weight is 287 g/mol. The number of rotatable bonds is 7. The number of amidine groups is 1. The van der Waals surface area contributed by atoms with Gasteiger partial charge in [-0.05, 0) is 55.1 Å². The van der Waals surface area contributed by atoms with Crippen molar-refractivity contribution in [1.29, 1.82) is 0 Å². The molecule has 0 aliphatic heterocycles. The number of hydrogen-bond donors (Lipinski definition) is 2. The zero-order valence-electron chi connectivity index (χ0n) is 11.8. The van der Waals surface area contributed by atoms with Gasteiger partial charge in [-0.1, -0.05) is 25.1 Å². The molecule has 2 aromatic rings. The van der Waals surface area contributed by atoms with Gasteiger partial charge in [0.25, 0.3) is 0 Å². The minimum Gasteiger partial charge on any atom is -0.383 e. The molecule has 2 rings (SSSR count). The predicted octanol–water partition coefficient (Wildman–Crippen LogP) is 3.33. The minimum atomic E-state index is 0.584. The van der Waals surface area contributed by atoms with Crippen molar-refractivity contribution >= 4 is 22.9 Å². The molecule has 1 aromatic heterocycles. The first-order valence-corrected chi connectivity index (χ1v) is 7.85. The summed E-state index contributed by atoms with van der Waals surface area (Å²) in [5.74, 6) is 0.584. The molecule has 0 fully saturated rings. The second-order valence-electron chi connectivity index (χ2n) is 4.64. The van der Waals surface area contributed by atoms with E-state index in [-0.39, 0.29) is 0 Å². The van der Waals surface area contributed by atoms with E-state index in [2.05, 4.69) is 29.4 Å². The van der Waals surface area contributed by atoms with E-state index in [0.29, 0.717) is 5.84 Å². The summed E-state index contributed by atoms with van der Waals surface area (Å²) < 4.78 is 0. The summed E-state index contributed by atoms with van der Waals surface area (Å²) in [4.78, 5) is 5.50. The summed E-state index contributed by atoms with van der Waals surface area (Å²) in [6, 6.07) is 12.2. The second-order valence-corrected chi connectivity index (χ2v) is 5.59. The highest BCUT2D eigenvalue weighted by molar-refractivity contribution is 7.12. The summed E-state index contributed by atoms with van der Waals surface area (Å²) in [6.45, 7) is 4.25. The van der Waals surface area contributed by atoms with Crippen LogP contribution in [0, 0.1) is 0 Å². The molecule has 3 nitrogen and oxygen atoms in total. The highest BCUT2D eigenvalue weighted by atomic mass is 32.1. The fourth-order valence-corrected chi connectivity index (χ4v) is 2.56. The molecule has 1 aromatic carbocycles. The maximum Gasteiger partial charge on any atom is 0.141 e. The monoisotopic (exact) mass is 287 g/mol. The molecule has 0 bridgehead atoms. The lowest BCUT2D eigenvalue weighted by atomic mass is 10.1. The molecule has 20 heavy (non-hydrogen) atoms. The third kappa shape index (κ3) is 4.47.